The second kappa shape index (κ2) is 10.5. The molecule has 8 nitrogen and oxygen atoms in total. The van der Waals surface area contributed by atoms with E-state index in [4.69, 9.17) is 24.7 Å². The Bertz CT molecular complexity index is 780. The van der Waals surface area contributed by atoms with Crippen LogP contribution in [0, 0.1) is 0 Å². The summed E-state index contributed by atoms with van der Waals surface area (Å²) >= 11 is 0. The number of nitrogens with one attached hydrogen (secondary N) is 1. The van der Waals surface area contributed by atoms with Crippen molar-refractivity contribution in [3.8, 4) is 23.0 Å². The van der Waals surface area contributed by atoms with Gasteiger partial charge in [-0.2, -0.15) is 5.10 Å². The van der Waals surface area contributed by atoms with Crippen molar-refractivity contribution in [1.82, 2.24) is 5.43 Å². The number of primary amides is 1. The van der Waals surface area contributed by atoms with Gasteiger partial charge in [0.2, 0.25) is 0 Å². The molecule has 144 valence electrons. The standard InChI is InChI=1S/C19H23N3O5/c1-24-15-7-4-8-16(12-15)26-10-5-11-27-18-14(13-21-22-19(20)23)6-3-9-17(18)25-2/h3-4,6-9,12-13H,5,10-11H2,1-2H3,(H3,20,22,23)/b21-13-. The number of carbonyl (C=O) groups is 1. The van der Waals surface area contributed by atoms with E-state index in [0.717, 1.165) is 11.5 Å². The van der Waals surface area contributed by atoms with Gasteiger partial charge in [0.25, 0.3) is 0 Å². The summed E-state index contributed by atoms with van der Waals surface area (Å²) in [5.74, 6) is 2.56. The number of methoxy groups -OCH3 is 2. The molecule has 0 radical (unpaired) electrons. The second-order valence-electron chi connectivity index (χ2n) is 5.34. The summed E-state index contributed by atoms with van der Waals surface area (Å²) in [7, 11) is 3.16. The van der Waals surface area contributed by atoms with E-state index < -0.39 is 6.03 Å². The van der Waals surface area contributed by atoms with Crippen molar-refractivity contribution >= 4 is 12.2 Å². The smallest absolute Gasteiger partial charge is 0.332 e. The highest BCUT2D eigenvalue weighted by molar-refractivity contribution is 5.86. The van der Waals surface area contributed by atoms with E-state index in [2.05, 4.69) is 10.5 Å². The number of amides is 2. The average Bonchev–Trinajstić information content (AvgIpc) is 2.68. The summed E-state index contributed by atoms with van der Waals surface area (Å²) < 4.78 is 22.0. The molecule has 0 fully saturated rings. The average molecular weight is 373 g/mol. The maximum atomic E-state index is 10.7. The molecule has 0 saturated heterocycles. The van der Waals surface area contributed by atoms with Gasteiger partial charge in [-0.25, -0.2) is 10.2 Å². The second-order valence-corrected chi connectivity index (χ2v) is 5.34. The molecule has 2 rings (SSSR count). The van der Waals surface area contributed by atoms with Gasteiger partial charge in [-0.15, -0.1) is 0 Å². The Morgan fingerprint density at radius 2 is 1.81 bits per heavy atom. The summed E-state index contributed by atoms with van der Waals surface area (Å²) in [4.78, 5) is 10.7. The quantitative estimate of drug-likeness (QED) is 0.378. The first-order valence-corrected chi connectivity index (χ1v) is 8.29. The molecule has 0 atom stereocenters. The van der Waals surface area contributed by atoms with Crippen molar-refractivity contribution in [2.45, 2.75) is 6.42 Å². The van der Waals surface area contributed by atoms with E-state index in [0.29, 0.717) is 36.7 Å². The lowest BCUT2D eigenvalue weighted by molar-refractivity contribution is 0.239. The fraction of sp³-hybridized carbons (Fsp3) is 0.263. The van der Waals surface area contributed by atoms with Crippen LogP contribution in [0.25, 0.3) is 0 Å². The van der Waals surface area contributed by atoms with E-state index in [9.17, 15) is 4.79 Å². The fourth-order valence-electron chi connectivity index (χ4n) is 2.23. The van der Waals surface area contributed by atoms with Crippen LogP contribution in [0.2, 0.25) is 0 Å². The van der Waals surface area contributed by atoms with Crippen LogP contribution >= 0.6 is 0 Å². The lowest BCUT2D eigenvalue weighted by Gasteiger charge is -2.13. The maximum absolute atomic E-state index is 10.7. The van der Waals surface area contributed by atoms with E-state index >= 15 is 0 Å². The van der Waals surface area contributed by atoms with Crippen LogP contribution in [0.5, 0.6) is 23.0 Å². The van der Waals surface area contributed by atoms with Crippen molar-refractivity contribution in [2.75, 3.05) is 27.4 Å². The number of nitrogens with two attached hydrogens (primary N) is 1. The molecular weight excluding hydrogens is 350 g/mol. The monoisotopic (exact) mass is 373 g/mol. The number of hydrazone groups is 1. The molecule has 3 N–H and O–H groups in total. The topological polar surface area (TPSA) is 104 Å². The van der Waals surface area contributed by atoms with E-state index in [1.54, 1.807) is 32.4 Å². The van der Waals surface area contributed by atoms with E-state index in [1.165, 1.54) is 6.21 Å². The highest BCUT2D eigenvalue weighted by Gasteiger charge is 2.09. The SMILES string of the molecule is COc1cccc(OCCCOc2c(/C=N\NC(N)=O)cccc2OC)c1. The number of para-hydroxylation sites is 1. The number of hydrogen-bond acceptors (Lipinski definition) is 6. The normalized spacial score (nSPS) is 10.4. The van der Waals surface area contributed by atoms with Gasteiger partial charge in [0, 0.05) is 18.1 Å². The summed E-state index contributed by atoms with van der Waals surface area (Å²) in [6, 6.07) is 12.0. The number of urea groups is 1. The van der Waals surface area contributed by atoms with Crippen molar-refractivity contribution in [3.63, 3.8) is 0 Å². The molecule has 0 aromatic heterocycles. The zero-order valence-corrected chi connectivity index (χ0v) is 15.3. The van der Waals surface area contributed by atoms with Crippen LogP contribution in [0.4, 0.5) is 4.79 Å². The van der Waals surface area contributed by atoms with Crippen LogP contribution < -0.4 is 30.1 Å². The first-order valence-electron chi connectivity index (χ1n) is 8.29. The molecule has 0 aliphatic heterocycles. The molecule has 0 spiro atoms. The molecule has 0 heterocycles. The molecule has 8 heteroatoms. The van der Waals surface area contributed by atoms with Crippen LogP contribution in [0.1, 0.15) is 12.0 Å². The van der Waals surface area contributed by atoms with Crippen molar-refractivity contribution in [2.24, 2.45) is 10.8 Å². The zero-order chi connectivity index (χ0) is 19.5. The van der Waals surface area contributed by atoms with Crippen LogP contribution in [0.15, 0.2) is 47.6 Å². The third-order valence-electron chi connectivity index (χ3n) is 3.45. The lowest BCUT2D eigenvalue weighted by Crippen LogP contribution is -2.24. The number of ether oxygens (including phenoxy) is 4. The van der Waals surface area contributed by atoms with Gasteiger partial charge in [0.1, 0.15) is 11.5 Å². The van der Waals surface area contributed by atoms with Gasteiger partial charge in [-0.1, -0.05) is 12.1 Å². The Labute approximate surface area is 157 Å². The van der Waals surface area contributed by atoms with E-state index in [-0.39, 0.29) is 0 Å². The van der Waals surface area contributed by atoms with Crippen molar-refractivity contribution < 1.29 is 23.7 Å². The molecule has 0 aliphatic carbocycles. The van der Waals surface area contributed by atoms with Crippen LogP contribution in [-0.2, 0) is 0 Å². The third kappa shape index (κ3) is 6.43. The lowest BCUT2D eigenvalue weighted by atomic mass is 10.2. The Kier molecular flexibility index (Phi) is 7.77. The highest BCUT2D eigenvalue weighted by atomic mass is 16.5. The molecule has 2 aromatic carbocycles. The van der Waals surface area contributed by atoms with Gasteiger partial charge in [0.05, 0.1) is 33.6 Å². The van der Waals surface area contributed by atoms with Gasteiger partial charge in [0.15, 0.2) is 11.5 Å². The molecule has 2 aromatic rings. The Morgan fingerprint density at radius 1 is 1.07 bits per heavy atom. The minimum Gasteiger partial charge on any atom is -0.497 e. The number of hydrogen-bond donors (Lipinski definition) is 2. The Hall–Kier alpha value is -3.42. The molecule has 2 amide bonds. The van der Waals surface area contributed by atoms with Crippen LogP contribution in [-0.4, -0.2) is 39.7 Å². The van der Waals surface area contributed by atoms with Gasteiger partial charge >= 0.3 is 6.03 Å². The molecule has 27 heavy (non-hydrogen) atoms. The summed E-state index contributed by atoms with van der Waals surface area (Å²) in [5, 5.41) is 3.76. The van der Waals surface area contributed by atoms with Gasteiger partial charge in [-0.3, -0.25) is 0 Å². The molecule has 0 bridgehead atoms. The molecule has 0 unspecified atom stereocenters. The van der Waals surface area contributed by atoms with Crippen molar-refractivity contribution in [3.05, 3.63) is 48.0 Å². The third-order valence-corrected chi connectivity index (χ3v) is 3.45. The van der Waals surface area contributed by atoms with Crippen LogP contribution in [0.3, 0.4) is 0 Å². The first kappa shape index (κ1) is 19.9. The number of rotatable bonds is 10. The molecular formula is C19H23N3O5. The molecule has 0 aliphatic rings. The summed E-state index contributed by atoms with van der Waals surface area (Å²) in [6.45, 7) is 0.892. The maximum Gasteiger partial charge on any atom is 0.332 e. The molecule has 0 saturated carbocycles. The minimum absolute atomic E-state index is 0.411. The fourth-order valence-corrected chi connectivity index (χ4v) is 2.23. The van der Waals surface area contributed by atoms with Gasteiger partial charge < -0.3 is 24.7 Å². The van der Waals surface area contributed by atoms with Gasteiger partial charge in [-0.05, 0) is 24.3 Å². The summed E-state index contributed by atoms with van der Waals surface area (Å²) in [5.41, 5.74) is 7.78. The number of nitrogens with zero attached hydrogens (tertiary/aromatic N) is 1. The van der Waals surface area contributed by atoms with Crippen molar-refractivity contribution in [1.29, 1.82) is 0 Å². The summed E-state index contributed by atoms with van der Waals surface area (Å²) in [6.07, 6.45) is 2.10. The predicted octanol–water partition coefficient (Wildman–Crippen LogP) is 2.55. The largest absolute Gasteiger partial charge is 0.497 e. The Balaban J connectivity index is 1.90. The van der Waals surface area contributed by atoms with E-state index in [1.807, 2.05) is 24.3 Å². The minimum atomic E-state index is -0.744. The number of benzene rings is 2. The predicted molar refractivity (Wildman–Crippen MR) is 102 cm³/mol. The number of carbonyl (C=O) groups excluding carboxylic acids is 1. The zero-order valence-electron chi connectivity index (χ0n) is 15.3. The Morgan fingerprint density at radius 3 is 2.56 bits per heavy atom. The first-order chi connectivity index (χ1) is 13.1. The highest BCUT2D eigenvalue weighted by Crippen LogP contribution is 2.30.